The van der Waals surface area contributed by atoms with Crippen LogP contribution in [0.4, 0.5) is 0 Å². The minimum absolute atomic E-state index is 0.189. The third-order valence-electron chi connectivity index (χ3n) is 4.13. The fourth-order valence-corrected chi connectivity index (χ4v) is 2.73. The maximum absolute atomic E-state index is 12.5. The van der Waals surface area contributed by atoms with Crippen LogP contribution in [0.3, 0.4) is 0 Å². The van der Waals surface area contributed by atoms with Crippen LogP contribution in [0.1, 0.15) is 27.2 Å². The molecule has 0 aliphatic rings. The summed E-state index contributed by atoms with van der Waals surface area (Å²) in [7, 11) is 0. The van der Waals surface area contributed by atoms with Crippen LogP contribution in [0.25, 0.3) is 5.69 Å². The number of aromatic nitrogens is 2. The van der Waals surface area contributed by atoms with E-state index in [1.165, 1.54) is 0 Å². The lowest BCUT2D eigenvalue weighted by atomic mass is 10.1. The number of hydrogen-bond acceptors (Lipinski definition) is 3. The van der Waals surface area contributed by atoms with Gasteiger partial charge in [0.2, 0.25) is 0 Å². The van der Waals surface area contributed by atoms with Crippen molar-refractivity contribution in [3.63, 3.8) is 0 Å². The summed E-state index contributed by atoms with van der Waals surface area (Å²) in [6.45, 7) is 0.331. The summed E-state index contributed by atoms with van der Waals surface area (Å²) in [6, 6.07) is 20.6. The summed E-state index contributed by atoms with van der Waals surface area (Å²) < 4.78 is 6.99. The second-order valence-corrected chi connectivity index (χ2v) is 6.06. The molecule has 4 rings (SSSR count). The van der Waals surface area contributed by atoms with Gasteiger partial charge in [-0.05, 0) is 48.5 Å². The molecule has 0 spiro atoms. The minimum Gasteiger partial charge on any atom is -0.467 e. The smallest absolute Gasteiger partial charge is 0.251 e. The Balaban J connectivity index is 1.64. The third kappa shape index (κ3) is 4.02. The van der Waals surface area contributed by atoms with E-state index >= 15 is 0 Å². The SMILES string of the molecule is O=C(NCc1ccco1)c1ccc(-n2cccn2)c(C#Cc2ccccc2)c1. The van der Waals surface area contributed by atoms with Gasteiger partial charge in [-0.1, -0.05) is 30.0 Å². The van der Waals surface area contributed by atoms with Crippen LogP contribution in [0.15, 0.2) is 89.8 Å². The van der Waals surface area contributed by atoms with Gasteiger partial charge in [-0.25, -0.2) is 4.68 Å². The number of nitrogens with one attached hydrogen (secondary N) is 1. The lowest BCUT2D eigenvalue weighted by Gasteiger charge is -2.08. The van der Waals surface area contributed by atoms with Gasteiger partial charge < -0.3 is 9.73 Å². The molecule has 0 fully saturated rings. The van der Waals surface area contributed by atoms with Gasteiger partial charge in [-0.2, -0.15) is 5.10 Å². The second kappa shape index (κ2) is 8.11. The Bertz CT molecular complexity index is 1120. The number of amides is 1. The van der Waals surface area contributed by atoms with Crippen LogP contribution in [0.5, 0.6) is 0 Å². The molecule has 0 aliphatic heterocycles. The molecule has 1 amide bonds. The third-order valence-corrected chi connectivity index (χ3v) is 4.13. The number of carbonyl (C=O) groups is 1. The Morgan fingerprint density at radius 1 is 1.04 bits per heavy atom. The number of rotatable bonds is 4. The summed E-state index contributed by atoms with van der Waals surface area (Å²) in [5.74, 6) is 6.83. The highest BCUT2D eigenvalue weighted by atomic mass is 16.3. The topological polar surface area (TPSA) is 60.1 Å². The summed E-state index contributed by atoms with van der Waals surface area (Å²) in [4.78, 5) is 12.5. The Morgan fingerprint density at radius 3 is 2.68 bits per heavy atom. The number of carbonyl (C=O) groups excluding carboxylic acids is 1. The molecule has 0 saturated heterocycles. The van der Waals surface area contributed by atoms with Crippen LogP contribution in [0, 0.1) is 11.8 Å². The molecule has 2 aromatic carbocycles. The van der Waals surface area contributed by atoms with E-state index in [-0.39, 0.29) is 5.91 Å². The van der Waals surface area contributed by atoms with Gasteiger partial charge in [0.15, 0.2) is 0 Å². The summed E-state index contributed by atoms with van der Waals surface area (Å²) >= 11 is 0. The van der Waals surface area contributed by atoms with Crippen LogP contribution < -0.4 is 5.32 Å². The first-order chi connectivity index (χ1) is 13.8. The number of hydrogen-bond donors (Lipinski definition) is 1. The Hall–Kier alpha value is -4.04. The van der Waals surface area contributed by atoms with Crippen molar-refractivity contribution in [2.45, 2.75) is 6.54 Å². The fraction of sp³-hybridized carbons (Fsp3) is 0.0435. The van der Waals surface area contributed by atoms with Gasteiger partial charge in [0.1, 0.15) is 5.76 Å². The summed E-state index contributed by atoms with van der Waals surface area (Å²) in [5, 5.41) is 7.14. The highest BCUT2D eigenvalue weighted by Gasteiger charge is 2.11. The van der Waals surface area contributed by atoms with Gasteiger partial charge >= 0.3 is 0 Å². The van der Waals surface area contributed by atoms with Crippen molar-refractivity contribution in [3.8, 4) is 17.5 Å². The lowest BCUT2D eigenvalue weighted by molar-refractivity contribution is 0.0948. The molecule has 28 heavy (non-hydrogen) atoms. The van der Waals surface area contributed by atoms with E-state index in [0.717, 1.165) is 16.8 Å². The molecule has 0 aliphatic carbocycles. The molecular formula is C23H17N3O2. The Kier molecular flexibility index (Phi) is 5.03. The highest BCUT2D eigenvalue weighted by Crippen LogP contribution is 2.16. The molecule has 136 valence electrons. The van der Waals surface area contributed by atoms with Crippen LogP contribution >= 0.6 is 0 Å². The lowest BCUT2D eigenvalue weighted by Crippen LogP contribution is -2.22. The zero-order chi connectivity index (χ0) is 19.2. The quantitative estimate of drug-likeness (QED) is 0.558. The zero-order valence-corrected chi connectivity index (χ0v) is 15.0. The van der Waals surface area contributed by atoms with E-state index < -0.39 is 0 Å². The Labute approximate surface area is 162 Å². The monoisotopic (exact) mass is 367 g/mol. The first-order valence-corrected chi connectivity index (χ1v) is 8.81. The molecule has 0 bridgehead atoms. The van der Waals surface area contributed by atoms with E-state index in [0.29, 0.717) is 17.9 Å². The average molecular weight is 367 g/mol. The molecule has 4 aromatic rings. The zero-order valence-electron chi connectivity index (χ0n) is 15.0. The minimum atomic E-state index is -0.189. The predicted octanol–water partition coefficient (Wildman–Crippen LogP) is 3.80. The summed E-state index contributed by atoms with van der Waals surface area (Å²) in [5.41, 5.74) is 2.97. The number of nitrogens with zero attached hydrogens (tertiary/aromatic N) is 2. The first-order valence-electron chi connectivity index (χ1n) is 8.81. The van der Waals surface area contributed by atoms with Crippen molar-refractivity contribution in [1.82, 2.24) is 15.1 Å². The fourth-order valence-electron chi connectivity index (χ4n) is 2.73. The molecule has 2 heterocycles. The van der Waals surface area contributed by atoms with Crippen molar-refractivity contribution in [2.75, 3.05) is 0 Å². The normalized spacial score (nSPS) is 10.1. The highest BCUT2D eigenvalue weighted by molar-refractivity contribution is 5.94. The van der Waals surface area contributed by atoms with Gasteiger partial charge in [-0.3, -0.25) is 4.79 Å². The molecular weight excluding hydrogens is 350 g/mol. The Morgan fingerprint density at radius 2 is 1.93 bits per heavy atom. The maximum Gasteiger partial charge on any atom is 0.251 e. The molecule has 2 aromatic heterocycles. The van der Waals surface area contributed by atoms with Crippen molar-refractivity contribution in [1.29, 1.82) is 0 Å². The average Bonchev–Trinajstić information content (AvgIpc) is 3.45. The molecule has 0 atom stereocenters. The van der Waals surface area contributed by atoms with E-state index in [1.807, 2.05) is 54.7 Å². The van der Waals surface area contributed by atoms with Crippen molar-refractivity contribution < 1.29 is 9.21 Å². The predicted molar refractivity (Wildman–Crippen MR) is 106 cm³/mol. The second-order valence-electron chi connectivity index (χ2n) is 6.06. The number of benzene rings is 2. The van der Waals surface area contributed by atoms with E-state index in [2.05, 4.69) is 22.3 Å². The number of furan rings is 1. The van der Waals surface area contributed by atoms with Gasteiger partial charge in [0, 0.05) is 23.5 Å². The summed E-state index contributed by atoms with van der Waals surface area (Å²) in [6.07, 6.45) is 5.13. The molecule has 0 saturated carbocycles. The van der Waals surface area contributed by atoms with Gasteiger partial charge in [0.05, 0.1) is 24.1 Å². The first kappa shape index (κ1) is 17.4. The molecule has 0 radical (unpaired) electrons. The van der Waals surface area contributed by atoms with Crippen LogP contribution in [0.2, 0.25) is 0 Å². The van der Waals surface area contributed by atoms with Gasteiger partial charge in [-0.15, -0.1) is 0 Å². The maximum atomic E-state index is 12.5. The van der Waals surface area contributed by atoms with Gasteiger partial charge in [0.25, 0.3) is 5.91 Å². The van der Waals surface area contributed by atoms with Crippen LogP contribution in [-0.2, 0) is 6.54 Å². The van der Waals surface area contributed by atoms with Crippen molar-refractivity contribution in [2.24, 2.45) is 0 Å². The molecule has 0 unspecified atom stereocenters. The standard InChI is InChI=1S/C23H17N3O2/c27-23(24-17-21-8-4-15-28-21)20-11-12-22(26-14-5-13-25-26)19(16-20)10-9-18-6-2-1-3-7-18/h1-8,11-16H,17H2,(H,24,27). The molecule has 5 heteroatoms. The van der Waals surface area contributed by atoms with Crippen molar-refractivity contribution in [3.05, 3.63) is 108 Å². The largest absolute Gasteiger partial charge is 0.467 e. The molecule has 5 nitrogen and oxygen atoms in total. The van der Waals surface area contributed by atoms with E-state index in [4.69, 9.17) is 4.42 Å². The van der Waals surface area contributed by atoms with E-state index in [1.54, 1.807) is 35.3 Å². The van der Waals surface area contributed by atoms with Crippen molar-refractivity contribution >= 4 is 5.91 Å². The molecule has 1 N–H and O–H groups in total. The van der Waals surface area contributed by atoms with Crippen LogP contribution in [-0.4, -0.2) is 15.7 Å². The van der Waals surface area contributed by atoms with E-state index in [9.17, 15) is 4.79 Å².